The molecule has 9 nitrogen and oxygen atoms in total. The van der Waals surface area contributed by atoms with E-state index in [2.05, 4.69) is 44.5 Å². The van der Waals surface area contributed by atoms with Crippen LogP contribution in [0.4, 0.5) is 0 Å². The van der Waals surface area contributed by atoms with Gasteiger partial charge >= 0.3 is 0 Å². The molecule has 9 heteroatoms. The molecule has 0 rings (SSSR count). The van der Waals surface area contributed by atoms with Gasteiger partial charge in [0.05, 0.1) is 26.2 Å². The van der Waals surface area contributed by atoms with E-state index in [-0.39, 0.29) is 0 Å². The Labute approximate surface area is 261 Å². The summed E-state index contributed by atoms with van der Waals surface area (Å²) in [7, 11) is 0. The monoisotopic (exact) mass is 610 g/mol. The van der Waals surface area contributed by atoms with Gasteiger partial charge in [-0.15, -0.1) is 0 Å². The fourth-order valence-electron chi connectivity index (χ4n) is 3.83. The Hall–Kier alpha value is -1.71. The normalized spacial score (nSPS) is 9.00. The summed E-state index contributed by atoms with van der Waals surface area (Å²) >= 11 is 0. The number of rotatable bonds is 24. The second-order valence-corrected chi connectivity index (χ2v) is 10.2. The molecule has 0 bridgehead atoms. The van der Waals surface area contributed by atoms with Gasteiger partial charge in [-0.05, 0) is 32.1 Å². The Morgan fingerprint density at radius 2 is 0.619 bits per heavy atom. The molecule has 0 fully saturated rings. The van der Waals surface area contributed by atoms with Gasteiger partial charge in [0.1, 0.15) is 0 Å². The average molecular weight is 610 g/mol. The molecule has 0 aromatic heterocycles. The van der Waals surface area contributed by atoms with Gasteiger partial charge in [-0.1, -0.05) is 137 Å². The lowest BCUT2D eigenvalue weighted by molar-refractivity contribution is -0.655. The summed E-state index contributed by atoms with van der Waals surface area (Å²) in [5, 5.41) is 27.3. The molecular weight excluding hydrogens is 534 g/mol. The van der Waals surface area contributed by atoms with Crippen molar-refractivity contribution < 1.29 is 46.5 Å². The third-order valence-corrected chi connectivity index (χ3v) is 6.23. The lowest BCUT2D eigenvalue weighted by atomic mass is 10.0. The van der Waals surface area contributed by atoms with Gasteiger partial charge in [-0.3, -0.25) is 0 Å². The number of hydrogen-bond donors (Lipinski definition) is 3. The Balaban J connectivity index is -0.000000138. The lowest BCUT2D eigenvalue weighted by Crippen LogP contribution is -2.84. The standard InChI is InChI=1S/C22H47N.2C4H11N.3CH2O2/c1-3-5-7-8-9-10-11-12-13-14-15-16-17-18-19-20-22-23-21-6-4-2;2*1-2-3-4-5;3*2-1-3/h23H,3-22H2,1-2H3;2*2-5H2,1H3;3*1H,(H,2,3). The van der Waals surface area contributed by atoms with Crippen molar-refractivity contribution in [3.63, 3.8) is 0 Å². The number of quaternary nitrogens is 3. The summed E-state index contributed by atoms with van der Waals surface area (Å²) in [4.78, 5) is 24.8. The maximum atomic E-state index is 8.25. The quantitative estimate of drug-likeness (QED) is 0.110. The van der Waals surface area contributed by atoms with E-state index in [1.54, 1.807) is 0 Å². The summed E-state index contributed by atoms with van der Waals surface area (Å²) in [5.74, 6) is 0. The SMILES string of the molecule is CCCCCCCCCCCCCCCCCC[NH2+]CCCC.CCCC[NH3+].CCCC[NH3+].O=C[O-].O=C[O-].O=C[O-]. The summed E-state index contributed by atoms with van der Waals surface area (Å²) in [6, 6.07) is 0. The molecular formula is C33H75N3O6. The minimum Gasteiger partial charge on any atom is -0.554 e. The molecule has 0 aliphatic rings. The third kappa shape index (κ3) is 107. The minimum absolute atomic E-state index is 0.500. The summed E-state index contributed by atoms with van der Waals surface area (Å²) in [5.41, 5.74) is 7.35. The molecule has 0 aromatic carbocycles. The fraction of sp³-hybridized carbons (Fsp3) is 0.909. The highest BCUT2D eigenvalue weighted by molar-refractivity contribution is 5.29. The van der Waals surface area contributed by atoms with Crippen molar-refractivity contribution in [3.05, 3.63) is 0 Å². The van der Waals surface area contributed by atoms with E-state index in [4.69, 9.17) is 29.7 Å². The van der Waals surface area contributed by atoms with Crippen LogP contribution in [0, 0.1) is 0 Å². The minimum atomic E-state index is -0.500. The Morgan fingerprint density at radius 1 is 0.405 bits per heavy atom. The molecule has 0 aliphatic carbocycles. The van der Waals surface area contributed by atoms with Crippen molar-refractivity contribution in [1.82, 2.24) is 0 Å². The first kappa shape index (κ1) is 52.9. The largest absolute Gasteiger partial charge is 0.554 e. The van der Waals surface area contributed by atoms with Gasteiger partial charge in [0.2, 0.25) is 0 Å². The van der Waals surface area contributed by atoms with Crippen LogP contribution in [0.1, 0.15) is 169 Å². The Kier molecular flexibility index (Phi) is 90.6. The Morgan fingerprint density at radius 3 is 0.833 bits per heavy atom. The first-order valence-corrected chi connectivity index (χ1v) is 17.1. The maximum Gasteiger partial charge on any atom is 0.0755 e. The van der Waals surface area contributed by atoms with Gasteiger partial charge in [0, 0.05) is 19.4 Å². The van der Waals surface area contributed by atoms with Gasteiger partial charge in [0.15, 0.2) is 0 Å². The van der Waals surface area contributed by atoms with E-state index in [9.17, 15) is 0 Å². The molecule has 0 saturated heterocycles. The van der Waals surface area contributed by atoms with Crippen molar-refractivity contribution in [1.29, 1.82) is 0 Å². The molecule has 0 heterocycles. The highest BCUT2D eigenvalue weighted by atomic mass is 16.4. The zero-order chi connectivity index (χ0) is 33.2. The zero-order valence-corrected chi connectivity index (χ0v) is 28.6. The van der Waals surface area contributed by atoms with Crippen LogP contribution < -0.4 is 32.1 Å². The molecule has 258 valence electrons. The van der Waals surface area contributed by atoms with E-state index >= 15 is 0 Å². The van der Waals surface area contributed by atoms with Crippen LogP contribution in [0.25, 0.3) is 0 Å². The topological polar surface area (TPSA) is 192 Å². The predicted octanol–water partition coefficient (Wildman–Crippen LogP) is 1.77. The van der Waals surface area contributed by atoms with Gasteiger partial charge < -0.3 is 46.5 Å². The van der Waals surface area contributed by atoms with Crippen LogP contribution in [0.5, 0.6) is 0 Å². The molecule has 0 radical (unpaired) electrons. The molecule has 0 unspecified atom stereocenters. The van der Waals surface area contributed by atoms with Gasteiger partial charge in [-0.2, -0.15) is 0 Å². The van der Waals surface area contributed by atoms with Crippen LogP contribution in [-0.4, -0.2) is 45.6 Å². The molecule has 8 N–H and O–H groups in total. The van der Waals surface area contributed by atoms with Crippen molar-refractivity contribution in [2.45, 2.75) is 169 Å². The van der Waals surface area contributed by atoms with Crippen molar-refractivity contribution in [2.24, 2.45) is 0 Å². The number of unbranched alkanes of at least 4 members (excludes halogenated alkanes) is 18. The van der Waals surface area contributed by atoms with E-state index in [1.807, 2.05) is 0 Å². The lowest BCUT2D eigenvalue weighted by Gasteiger charge is -2.03. The molecule has 42 heavy (non-hydrogen) atoms. The molecule has 0 atom stereocenters. The van der Waals surface area contributed by atoms with E-state index in [0.29, 0.717) is 0 Å². The van der Waals surface area contributed by atoms with Crippen molar-refractivity contribution >= 4 is 19.4 Å². The second kappa shape index (κ2) is 72.0. The van der Waals surface area contributed by atoms with E-state index in [1.165, 1.54) is 154 Å². The van der Waals surface area contributed by atoms with Crippen LogP contribution in [0.2, 0.25) is 0 Å². The van der Waals surface area contributed by atoms with Gasteiger partial charge in [0.25, 0.3) is 0 Å². The first-order chi connectivity index (χ1) is 20.5. The van der Waals surface area contributed by atoms with Crippen LogP contribution in [0.15, 0.2) is 0 Å². The van der Waals surface area contributed by atoms with Crippen molar-refractivity contribution in [3.8, 4) is 0 Å². The van der Waals surface area contributed by atoms with E-state index < -0.39 is 19.4 Å². The van der Waals surface area contributed by atoms with Crippen molar-refractivity contribution in [2.75, 3.05) is 26.2 Å². The number of carboxylic acid groups (broad SMARTS) is 3. The smallest absolute Gasteiger partial charge is 0.0755 e. The zero-order valence-electron chi connectivity index (χ0n) is 28.6. The predicted molar refractivity (Wildman–Crippen MR) is 170 cm³/mol. The van der Waals surface area contributed by atoms with Crippen LogP contribution in [-0.2, 0) is 14.4 Å². The van der Waals surface area contributed by atoms with E-state index in [0.717, 1.165) is 13.1 Å². The average Bonchev–Trinajstić information content (AvgIpc) is 2.97. The number of hydrogen-bond acceptors (Lipinski definition) is 6. The molecule has 0 amide bonds. The first-order valence-electron chi connectivity index (χ1n) is 17.1. The molecule has 0 aromatic rings. The maximum absolute atomic E-state index is 8.25. The molecule has 0 spiro atoms. The second-order valence-electron chi connectivity index (χ2n) is 10.2. The molecule has 0 aliphatic heterocycles. The number of carbonyl (C=O) groups excluding carboxylic acids is 3. The number of carbonyl (C=O) groups is 3. The number of nitrogens with two attached hydrogens (primary N) is 1. The third-order valence-electron chi connectivity index (χ3n) is 6.23. The fourth-order valence-corrected chi connectivity index (χ4v) is 3.83. The highest BCUT2D eigenvalue weighted by Crippen LogP contribution is 2.13. The summed E-state index contributed by atoms with van der Waals surface area (Å²) in [6.45, 7) is 12.3. The summed E-state index contributed by atoms with van der Waals surface area (Å²) in [6.07, 6.45) is 31.3. The molecule has 0 saturated carbocycles. The highest BCUT2D eigenvalue weighted by Gasteiger charge is 1.95. The van der Waals surface area contributed by atoms with Gasteiger partial charge in [-0.25, -0.2) is 0 Å². The Bertz CT molecular complexity index is 362. The van der Waals surface area contributed by atoms with Crippen LogP contribution in [0.3, 0.4) is 0 Å². The van der Waals surface area contributed by atoms with Crippen LogP contribution >= 0.6 is 0 Å². The summed E-state index contributed by atoms with van der Waals surface area (Å²) < 4.78 is 0.